The zero-order valence-electron chi connectivity index (χ0n) is 8.36. The van der Waals surface area contributed by atoms with Crippen molar-refractivity contribution in [3.8, 4) is 0 Å². The van der Waals surface area contributed by atoms with Crippen LogP contribution in [-0.4, -0.2) is 38.8 Å². The minimum absolute atomic E-state index is 0.370. The summed E-state index contributed by atoms with van der Waals surface area (Å²) in [6, 6.07) is 0. The maximum absolute atomic E-state index is 11.4. The van der Waals surface area contributed by atoms with Crippen molar-refractivity contribution in [3.05, 3.63) is 16.6 Å². The molecule has 9 nitrogen and oxygen atoms in total. The highest BCUT2D eigenvalue weighted by molar-refractivity contribution is 5.84. The summed E-state index contributed by atoms with van der Waals surface area (Å²) in [4.78, 5) is 32.7. The van der Waals surface area contributed by atoms with E-state index in [-0.39, 0.29) is 6.54 Å². The highest BCUT2D eigenvalue weighted by Gasteiger charge is 2.06. The zero-order valence-corrected chi connectivity index (χ0v) is 8.36. The number of methoxy groups -OCH3 is 1. The van der Waals surface area contributed by atoms with Gasteiger partial charge in [-0.25, -0.2) is 9.59 Å². The number of aromatic nitrogens is 4. The Morgan fingerprint density at radius 3 is 2.75 bits per heavy atom. The summed E-state index contributed by atoms with van der Waals surface area (Å²) >= 11 is 0. The van der Waals surface area contributed by atoms with Gasteiger partial charge in [-0.3, -0.25) is 4.79 Å². The predicted octanol–water partition coefficient (Wildman–Crippen LogP) is -2.43. The molecule has 0 radical (unpaired) electrons. The van der Waals surface area contributed by atoms with E-state index in [1.165, 1.54) is 7.11 Å². The standard InChI is InChI=1S/C7H9N5O4/c1-16-6(14)2-3-11-7(15)12(10-9-11)4-5(8)13/h2-3H,4H2,1H3,(H2,8,13)/b3-2+. The Labute approximate surface area is 89.1 Å². The van der Waals surface area contributed by atoms with E-state index < -0.39 is 17.6 Å². The molecule has 86 valence electrons. The first-order valence-corrected chi connectivity index (χ1v) is 4.11. The van der Waals surface area contributed by atoms with E-state index in [2.05, 4.69) is 15.2 Å². The molecule has 1 amide bonds. The minimum Gasteiger partial charge on any atom is -0.466 e. The third-order valence-electron chi connectivity index (χ3n) is 1.52. The van der Waals surface area contributed by atoms with Crippen molar-refractivity contribution in [2.24, 2.45) is 5.73 Å². The normalized spacial score (nSPS) is 10.6. The Hall–Kier alpha value is -2.45. The summed E-state index contributed by atoms with van der Waals surface area (Å²) in [7, 11) is 1.19. The lowest BCUT2D eigenvalue weighted by Crippen LogP contribution is -2.29. The molecule has 0 spiro atoms. The second kappa shape index (κ2) is 4.87. The monoisotopic (exact) mass is 227 g/mol. The van der Waals surface area contributed by atoms with Crippen LogP contribution in [0, 0.1) is 0 Å². The second-order valence-corrected chi connectivity index (χ2v) is 2.67. The molecule has 2 N–H and O–H groups in total. The number of rotatable bonds is 4. The number of hydrogen-bond acceptors (Lipinski definition) is 6. The molecule has 16 heavy (non-hydrogen) atoms. The largest absolute Gasteiger partial charge is 0.466 e. The van der Waals surface area contributed by atoms with E-state index in [1.54, 1.807) is 0 Å². The highest BCUT2D eigenvalue weighted by atomic mass is 16.5. The maximum atomic E-state index is 11.4. The Bertz CT molecular complexity index is 485. The van der Waals surface area contributed by atoms with E-state index in [0.29, 0.717) is 0 Å². The Morgan fingerprint density at radius 2 is 2.19 bits per heavy atom. The van der Waals surface area contributed by atoms with Gasteiger partial charge >= 0.3 is 11.7 Å². The first kappa shape index (κ1) is 11.6. The molecule has 0 bridgehead atoms. The molecule has 9 heteroatoms. The molecule has 0 saturated heterocycles. The van der Waals surface area contributed by atoms with Gasteiger partial charge in [-0.1, -0.05) is 0 Å². The molecule has 0 aliphatic heterocycles. The minimum atomic E-state index is -0.717. The van der Waals surface area contributed by atoms with Gasteiger partial charge in [0.1, 0.15) is 6.54 Å². The van der Waals surface area contributed by atoms with Crippen LogP contribution in [0.2, 0.25) is 0 Å². The van der Waals surface area contributed by atoms with Gasteiger partial charge in [0.25, 0.3) is 0 Å². The Kier molecular flexibility index (Phi) is 3.53. The third-order valence-corrected chi connectivity index (χ3v) is 1.52. The SMILES string of the molecule is COC(=O)/C=C/n1nnn(CC(N)=O)c1=O. The van der Waals surface area contributed by atoms with E-state index in [4.69, 9.17) is 5.73 Å². The smallest absolute Gasteiger partial charge is 0.368 e. The van der Waals surface area contributed by atoms with E-state index in [0.717, 1.165) is 21.6 Å². The van der Waals surface area contributed by atoms with E-state index >= 15 is 0 Å². The van der Waals surface area contributed by atoms with Gasteiger partial charge in [0.2, 0.25) is 5.91 Å². The molecular formula is C7H9N5O4. The first-order valence-electron chi connectivity index (χ1n) is 4.11. The number of tetrazole rings is 1. The number of carbonyl (C=O) groups is 2. The van der Waals surface area contributed by atoms with Gasteiger partial charge < -0.3 is 10.5 Å². The van der Waals surface area contributed by atoms with Crippen LogP contribution in [0.4, 0.5) is 0 Å². The molecule has 0 atom stereocenters. The molecule has 1 heterocycles. The van der Waals surface area contributed by atoms with Crippen LogP contribution in [0.15, 0.2) is 10.9 Å². The van der Waals surface area contributed by atoms with Gasteiger partial charge in [0.15, 0.2) is 0 Å². The number of primary amides is 1. The van der Waals surface area contributed by atoms with Crippen LogP contribution in [0.25, 0.3) is 6.20 Å². The van der Waals surface area contributed by atoms with Crippen molar-refractivity contribution < 1.29 is 14.3 Å². The molecule has 0 unspecified atom stereocenters. The van der Waals surface area contributed by atoms with Crippen molar-refractivity contribution in [1.82, 2.24) is 19.8 Å². The van der Waals surface area contributed by atoms with Crippen LogP contribution in [0.3, 0.4) is 0 Å². The van der Waals surface area contributed by atoms with Gasteiger partial charge in [-0.15, -0.1) is 0 Å². The summed E-state index contributed by atoms with van der Waals surface area (Å²) in [5, 5.41) is 6.76. The number of amides is 1. The van der Waals surface area contributed by atoms with Gasteiger partial charge in [0, 0.05) is 12.3 Å². The molecule has 1 rings (SSSR count). The van der Waals surface area contributed by atoms with Crippen molar-refractivity contribution in [2.45, 2.75) is 6.54 Å². The first-order chi connectivity index (χ1) is 7.54. The fourth-order valence-corrected chi connectivity index (χ4v) is 0.826. The molecule has 0 fully saturated rings. The van der Waals surface area contributed by atoms with Crippen molar-refractivity contribution in [2.75, 3.05) is 7.11 Å². The summed E-state index contributed by atoms with van der Waals surface area (Å²) in [6.07, 6.45) is 2.06. The highest BCUT2D eigenvalue weighted by Crippen LogP contribution is 1.81. The lowest BCUT2D eigenvalue weighted by Gasteiger charge is -1.90. The predicted molar refractivity (Wildman–Crippen MR) is 50.8 cm³/mol. The second-order valence-electron chi connectivity index (χ2n) is 2.67. The Balaban J connectivity index is 2.88. The third kappa shape index (κ3) is 2.77. The van der Waals surface area contributed by atoms with Crippen LogP contribution in [0.5, 0.6) is 0 Å². The topological polar surface area (TPSA) is 122 Å². The summed E-state index contributed by atoms with van der Waals surface area (Å²) in [6.45, 7) is -0.370. The summed E-state index contributed by atoms with van der Waals surface area (Å²) in [5.74, 6) is -1.36. The number of ether oxygens (including phenoxy) is 1. The van der Waals surface area contributed by atoms with Crippen molar-refractivity contribution in [1.29, 1.82) is 0 Å². The van der Waals surface area contributed by atoms with Crippen LogP contribution in [0.1, 0.15) is 0 Å². The molecule has 0 aliphatic rings. The van der Waals surface area contributed by atoms with E-state index in [1.807, 2.05) is 0 Å². The van der Waals surface area contributed by atoms with Crippen LogP contribution < -0.4 is 11.4 Å². The zero-order chi connectivity index (χ0) is 12.1. The number of esters is 1. The van der Waals surface area contributed by atoms with Gasteiger partial charge in [0.05, 0.1) is 7.11 Å². The molecule has 1 aromatic heterocycles. The lowest BCUT2D eigenvalue weighted by atomic mass is 10.6. The number of hydrogen-bond donors (Lipinski definition) is 1. The molecule has 0 aliphatic carbocycles. The number of carbonyl (C=O) groups excluding carboxylic acids is 2. The average molecular weight is 227 g/mol. The maximum Gasteiger partial charge on any atom is 0.368 e. The van der Waals surface area contributed by atoms with Crippen molar-refractivity contribution >= 4 is 18.1 Å². The van der Waals surface area contributed by atoms with Gasteiger partial charge in [-0.2, -0.15) is 9.36 Å². The number of nitrogens with zero attached hydrogens (tertiary/aromatic N) is 4. The molecule has 1 aromatic rings. The molecular weight excluding hydrogens is 218 g/mol. The molecule has 0 saturated carbocycles. The average Bonchev–Trinajstić information content (AvgIpc) is 2.56. The number of nitrogens with two attached hydrogens (primary N) is 1. The summed E-state index contributed by atoms with van der Waals surface area (Å²) in [5.41, 5.74) is 4.20. The Morgan fingerprint density at radius 1 is 1.50 bits per heavy atom. The van der Waals surface area contributed by atoms with Gasteiger partial charge in [-0.05, 0) is 10.4 Å². The fourth-order valence-electron chi connectivity index (χ4n) is 0.826. The molecule has 0 aromatic carbocycles. The summed E-state index contributed by atoms with van der Waals surface area (Å²) < 4.78 is 5.86. The van der Waals surface area contributed by atoms with Crippen LogP contribution in [-0.2, 0) is 20.9 Å². The quantitative estimate of drug-likeness (QED) is 0.450. The fraction of sp³-hybridized carbons (Fsp3) is 0.286. The van der Waals surface area contributed by atoms with E-state index in [9.17, 15) is 14.4 Å². The lowest BCUT2D eigenvalue weighted by molar-refractivity contribution is -0.134. The van der Waals surface area contributed by atoms with Crippen molar-refractivity contribution in [3.63, 3.8) is 0 Å². The van der Waals surface area contributed by atoms with Crippen LogP contribution >= 0.6 is 0 Å².